The van der Waals surface area contributed by atoms with E-state index in [2.05, 4.69) is 17.3 Å². The van der Waals surface area contributed by atoms with Crippen molar-refractivity contribution in [3.05, 3.63) is 0 Å². The highest BCUT2D eigenvalue weighted by molar-refractivity contribution is 4.75. The second kappa shape index (κ2) is 5.86. The first-order chi connectivity index (χ1) is 7.34. The Morgan fingerprint density at radius 2 is 1.73 bits per heavy atom. The molecule has 1 N–H and O–H groups in total. The van der Waals surface area contributed by atoms with Crippen LogP contribution >= 0.6 is 0 Å². The van der Waals surface area contributed by atoms with Crippen LogP contribution in [0.3, 0.4) is 0 Å². The summed E-state index contributed by atoms with van der Waals surface area (Å²) in [7, 11) is 2.24. The Labute approximate surface area is 94.4 Å². The second-order valence-electron chi connectivity index (χ2n) is 5.47. The molecule has 0 amide bonds. The van der Waals surface area contributed by atoms with E-state index in [9.17, 15) is 0 Å². The van der Waals surface area contributed by atoms with Crippen molar-refractivity contribution in [2.24, 2.45) is 5.92 Å². The van der Waals surface area contributed by atoms with Gasteiger partial charge in [0, 0.05) is 6.04 Å². The van der Waals surface area contributed by atoms with Gasteiger partial charge in [-0.1, -0.05) is 12.8 Å². The van der Waals surface area contributed by atoms with Gasteiger partial charge in [-0.25, -0.2) is 0 Å². The lowest BCUT2D eigenvalue weighted by Crippen LogP contribution is -2.33. The predicted octanol–water partition coefficient (Wildman–Crippen LogP) is 2.25. The van der Waals surface area contributed by atoms with Gasteiger partial charge < -0.3 is 10.2 Å². The number of likely N-dealkylation sites (tertiary alicyclic amines) is 1. The maximum atomic E-state index is 3.73. The molecule has 2 fully saturated rings. The quantitative estimate of drug-likeness (QED) is 0.765. The van der Waals surface area contributed by atoms with Gasteiger partial charge >= 0.3 is 0 Å². The molecular formula is C13H26N2. The zero-order chi connectivity index (χ0) is 10.5. The third-order valence-corrected chi connectivity index (χ3v) is 4.18. The molecular weight excluding hydrogens is 184 g/mol. The van der Waals surface area contributed by atoms with E-state index in [0.717, 1.165) is 12.0 Å². The zero-order valence-corrected chi connectivity index (χ0v) is 10.2. The zero-order valence-electron chi connectivity index (χ0n) is 10.2. The van der Waals surface area contributed by atoms with E-state index in [4.69, 9.17) is 0 Å². The van der Waals surface area contributed by atoms with Crippen LogP contribution < -0.4 is 5.32 Å². The van der Waals surface area contributed by atoms with E-state index >= 15 is 0 Å². The SMILES string of the molecule is CN1CCC(CCNC2CCCC2)CC1. The standard InChI is InChI=1S/C13H26N2/c1-15-10-7-12(8-11-15)6-9-14-13-4-2-3-5-13/h12-14H,2-11H2,1H3. The summed E-state index contributed by atoms with van der Waals surface area (Å²) in [6, 6.07) is 0.858. The molecule has 0 spiro atoms. The summed E-state index contributed by atoms with van der Waals surface area (Å²) >= 11 is 0. The summed E-state index contributed by atoms with van der Waals surface area (Å²) in [4.78, 5) is 2.46. The van der Waals surface area contributed by atoms with Gasteiger partial charge in [0.25, 0.3) is 0 Å². The molecule has 0 atom stereocenters. The van der Waals surface area contributed by atoms with E-state index in [0.29, 0.717) is 0 Å². The first-order valence-corrected chi connectivity index (χ1v) is 6.76. The highest BCUT2D eigenvalue weighted by Crippen LogP contribution is 2.20. The Kier molecular flexibility index (Phi) is 4.45. The third-order valence-electron chi connectivity index (χ3n) is 4.18. The molecule has 2 aliphatic rings. The molecule has 0 radical (unpaired) electrons. The number of nitrogens with one attached hydrogen (secondary N) is 1. The van der Waals surface area contributed by atoms with Crippen LogP contribution in [0.5, 0.6) is 0 Å². The summed E-state index contributed by atoms with van der Waals surface area (Å²) in [5.41, 5.74) is 0. The highest BCUT2D eigenvalue weighted by atomic mass is 15.1. The Hall–Kier alpha value is -0.0800. The number of hydrogen-bond acceptors (Lipinski definition) is 2. The fourth-order valence-electron chi connectivity index (χ4n) is 2.97. The van der Waals surface area contributed by atoms with Crippen LogP contribution in [0, 0.1) is 5.92 Å². The maximum Gasteiger partial charge on any atom is 0.00670 e. The van der Waals surface area contributed by atoms with Crippen molar-refractivity contribution in [1.82, 2.24) is 10.2 Å². The molecule has 2 nitrogen and oxygen atoms in total. The van der Waals surface area contributed by atoms with Gasteiger partial charge in [-0.05, 0) is 64.7 Å². The van der Waals surface area contributed by atoms with Crippen LogP contribution in [-0.2, 0) is 0 Å². The van der Waals surface area contributed by atoms with Crippen molar-refractivity contribution in [3.8, 4) is 0 Å². The van der Waals surface area contributed by atoms with Gasteiger partial charge in [0.15, 0.2) is 0 Å². The van der Waals surface area contributed by atoms with Gasteiger partial charge in [0.05, 0.1) is 0 Å². The molecule has 1 saturated carbocycles. The van der Waals surface area contributed by atoms with Crippen LogP contribution in [0.1, 0.15) is 44.9 Å². The monoisotopic (exact) mass is 210 g/mol. The minimum atomic E-state index is 0.858. The molecule has 1 aliphatic heterocycles. The largest absolute Gasteiger partial charge is 0.314 e. The second-order valence-corrected chi connectivity index (χ2v) is 5.47. The molecule has 2 heteroatoms. The molecule has 0 aromatic heterocycles. The fourth-order valence-corrected chi connectivity index (χ4v) is 2.97. The van der Waals surface area contributed by atoms with Crippen LogP contribution in [0.4, 0.5) is 0 Å². The Bertz CT molecular complexity index is 167. The van der Waals surface area contributed by atoms with Crippen molar-refractivity contribution in [1.29, 1.82) is 0 Å². The van der Waals surface area contributed by atoms with Crippen LogP contribution in [-0.4, -0.2) is 37.6 Å². The van der Waals surface area contributed by atoms with E-state index in [-0.39, 0.29) is 0 Å². The number of hydrogen-bond donors (Lipinski definition) is 1. The third kappa shape index (κ3) is 3.76. The first kappa shape index (κ1) is 11.4. The lowest BCUT2D eigenvalue weighted by Gasteiger charge is -2.29. The van der Waals surface area contributed by atoms with Crippen molar-refractivity contribution < 1.29 is 0 Å². The number of rotatable bonds is 4. The molecule has 0 bridgehead atoms. The lowest BCUT2D eigenvalue weighted by atomic mass is 9.94. The summed E-state index contributed by atoms with van der Waals surface area (Å²) in [5.74, 6) is 0.995. The highest BCUT2D eigenvalue weighted by Gasteiger charge is 2.18. The summed E-state index contributed by atoms with van der Waals surface area (Å²) in [5, 5.41) is 3.73. The van der Waals surface area contributed by atoms with Crippen molar-refractivity contribution in [2.45, 2.75) is 51.0 Å². The van der Waals surface area contributed by atoms with E-state index in [1.165, 1.54) is 64.6 Å². The molecule has 2 rings (SSSR count). The van der Waals surface area contributed by atoms with Crippen molar-refractivity contribution >= 4 is 0 Å². The van der Waals surface area contributed by atoms with Gasteiger partial charge in [-0.2, -0.15) is 0 Å². The fraction of sp³-hybridized carbons (Fsp3) is 1.00. The Balaban J connectivity index is 1.53. The minimum Gasteiger partial charge on any atom is -0.314 e. The van der Waals surface area contributed by atoms with Crippen molar-refractivity contribution in [2.75, 3.05) is 26.7 Å². The average molecular weight is 210 g/mol. The van der Waals surface area contributed by atoms with Gasteiger partial charge in [0.2, 0.25) is 0 Å². The number of nitrogens with zero attached hydrogens (tertiary/aromatic N) is 1. The molecule has 1 saturated heterocycles. The normalized spacial score (nSPS) is 26.2. The van der Waals surface area contributed by atoms with E-state index < -0.39 is 0 Å². The predicted molar refractivity (Wildman–Crippen MR) is 65.1 cm³/mol. The van der Waals surface area contributed by atoms with E-state index in [1.54, 1.807) is 0 Å². The van der Waals surface area contributed by atoms with Crippen LogP contribution in [0.2, 0.25) is 0 Å². The Morgan fingerprint density at radius 3 is 2.40 bits per heavy atom. The smallest absolute Gasteiger partial charge is 0.00670 e. The molecule has 88 valence electrons. The van der Waals surface area contributed by atoms with Crippen molar-refractivity contribution in [3.63, 3.8) is 0 Å². The molecule has 0 unspecified atom stereocenters. The van der Waals surface area contributed by atoms with Crippen LogP contribution in [0.25, 0.3) is 0 Å². The molecule has 15 heavy (non-hydrogen) atoms. The Morgan fingerprint density at radius 1 is 1.07 bits per heavy atom. The maximum absolute atomic E-state index is 3.73. The molecule has 1 heterocycles. The minimum absolute atomic E-state index is 0.858. The summed E-state index contributed by atoms with van der Waals surface area (Å²) in [6.07, 6.45) is 9.99. The summed E-state index contributed by atoms with van der Waals surface area (Å²) < 4.78 is 0. The molecule has 0 aromatic carbocycles. The van der Waals surface area contributed by atoms with Gasteiger partial charge in [-0.15, -0.1) is 0 Å². The van der Waals surface area contributed by atoms with Gasteiger partial charge in [0.1, 0.15) is 0 Å². The summed E-state index contributed by atoms with van der Waals surface area (Å²) in [6.45, 7) is 3.89. The van der Waals surface area contributed by atoms with Gasteiger partial charge in [-0.3, -0.25) is 0 Å². The average Bonchev–Trinajstić information content (AvgIpc) is 2.74. The molecule has 1 aliphatic carbocycles. The topological polar surface area (TPSA) is 15.3 Å². The lowest BCUT2D eigenvalue weighted by molar-refractivity contribution is 0.210. The van der Waals surface area contributed by atoms with E-state index in [1.807, 2.05) is 0 Å². The van der Waals surface area contributed by atoms with Crippen LogP contribution in [0.15, 0.2) is 0 Å². The number of piperidine rings is 1. The first-order valence-electron chi connectivity index (χ1n) is 6.76. The molecule has 0 aromatic rings.